The summed E-state index contributed by atoms with van der Waals surface area (Å²) in [5.74, 6) is 0. The number of hydrogen-bond donors (Lipinski definition) is 0. The van der Waals surface area contributed by atoms with Crippen LogP contribution in [0.1, 0.15) is 18.1 Å². The molecular weight excluding hydrogens is 328 g/mol. The molecule has 4 nitrogen and oxygen atoms in total. The van der Waals surface area contributed by atoms with E-state index in [4.69, 9.17) is 5.10 Å². The highest BCUT2D eigenvalue weighted by atomic mass is 32.1. The molecule has 0 saturated carbocycles. The summed E-state index contributed by atoms with van der Waals surface area (Å²) >= 11 is 1.58. The molecule has 5 heteroatoms. The number of pyridine rings is 1. The molecule has 126 valence electrons. The molecule has 1 aromatic carbocycles. The van der Waals surface area contributed by atoms with E-state index < -0.39 is 0 Å². The second-order valence-electron chi connectivity index (χ2n) is 5.64. The highest BCUT2D eigenvalue weighted by molar-refractivity contribution is 7.07. The molecule has 0 N–H and O–H groups in total. The molecule has 2 aromatic heterocycles. The Kier molecular flexibility index (Phi) is 5.36. The van der Waals surface area contributed by atoms with Gasteiger partial charge in [-0.2, -0.15) is 5.10 Å². The van der Waals surface area contributed by atoms with Crippen LogP contribution in [0.5, 0.6) is 0 Å². The SMILES string of the molecule is C=CCN=c1scc(-c2ccc(C)cc2)n1/N=C(\C)c1cccnc1. The molecule has 3 aromatic rings. The van der Waals surface area contributed by atoms with Crippen LogP contribution < -0.4 is 4.80 Å². The number of hydrogen-bond acceptors (Lipinski definition) is 4. The summed E-state index contributed by atoms with van der Waals surface area (Å²) in [6.07, 6.45) is 5.36. The maximum Gasteiger partial charge on any atom is 0.206 e. The number of nitrogens with zero attached hydrogens (tertiary/aromatic N) is 4. The Morgan fingerprint density at radius 1 is 1.28 bits per heavy atom. The van der Waals surface area contributed by atoms with Crippen molar-refractivity contribution in [2.45, 2.75) is 13.8 Å². The van der Waals surface area contributed by atoms with Crippen LogP contribution in [0.2, 0.25) is 0 Å². The molecule has 0 fully saturated rings. The Labute approximate surface area is 151 Å². The highest BCUT2D eigenvalue weighted by Crippen LogP contribution is 2.21. The zero-order valence-corrected chi connectivity index (χ0v) is 15.2. The van der Waals surface area contributed by atoms with Crippen LogP contribution in [0.4, 0.5) is 0 Å². The predicted octanol–water partition coefficient (Wildman–Crippen LogP) is 4.28. The van der Waals surface area contributed by atoms with Gasteiger partial charge in [0.2, 0.25) is 4.80 Å². The van der Waals surface area contributed by atoms with E-state index in [-0.39, 0.29) is 0 Å². The molecule has 0 bridgehead atoms. The van der Waals surface area contributed by atoms with Crippen molar-refractivity contribution in [3.63, 3.8) is 0 Å². The van der Waals surface area contributed by atoms with Gasteiger partial charge in [-0.25, -0.2) is 4.68 Å². The summed E-state index contributed by atoms with van der Waals surface area (Å²) < 4.78 is 1.90. The first-order chi connectivity index (χ1) is 12.2. The van der Waals surface area contributed by atoms with E-state index in [0.717, 1.165) is 27.3 Å². The lowest BCUT2D eigenvalue weighted by Gasteiger charge is -2.06. The van der Waals surface area contributed by atoms with Gasteiger partial charge >= 0.3 is 0 Å². The maximum absolute atomic E-state index is 4.82. The Hall–Kier alpha value is -2.79. The van der Waals surface area contributed by atoms with E-state index in [0.29, 0.717) is 6.54 Å². The number of thiazole rings is 1. The summed E-state index contributed by atoms with van der Waals surface area (Å²) in [6, 6.07) is 12.4. The second kappa shape index (κ2) is 7.85. The lowest BCUT2D eigenvalue weighted by Crippen LogP contribution is -2.14. The average molecular weight is 348 g/mol. The number of benzene rings is 1. The first-order valence-electron chi connectivity index (χ1n) is 8.04. The molecule has 2 heterocycles. The third-order valence-corrected chi connectivity index (χ3v) is 4.57. The fourth-order valence-electron chi connectivity index (χ4n) is 2.35. The summed E-state index contributed by atoms with van der Waals surface area (Å²) in [7, 11) is 0. The summed E-state index contributed by atoms with van der Waals surface area (Å²) in [5.41, 5.74) is 5.25. The van der Waals surface area contributed by atoms with Crippen molar-refractivity contribution in [2.75, 3.05) is 6.54 Å². The van der Waals surface area contributed by atoms with Crippen LogP contribution in [-0.2, 0) is 0 Å². The van der Waals surface area contributed by atoms with Crippen LogP contribution in [-0.4, -0.2) is 21.9 Å². The van der Waals surface area contributed by atoms with E-state index >= 15 is 0 Å². The van der Waals surface area contributed by atoms with Gasteiger partial charge in [0.25, 0.3) is 0 Å². The van der Waals surface area contributed by atoms with Crippen molar-refractivity contribution >= 4 is 17.0 Å². The first kappa shape index (κ1) is 17.0. The van der Waals surface area contributed by atoms with Gasteiger partial charge in [-0.15, -0.1) is 17.9 Å². The fourth-order valence-corrected chi connectivity index (χ4v) is 3.20. The van der Waals surface area contributed by atoms with Gasteiger partial charge in [0, 0.05) is 28.9 Å². The monoisotopic (exact) mass is 348 g/mol. The summed E-state index contributed by atoms with van der Waals surface area (Å²) in [4.78, 5) is 9.60. The molecule has 3 rings (SSSR count). The Morgan fingerprint density at radius 2 is 2.08 bits per heavy atom. The van der Waals surface area contributed by atoms with E-state index in [1.165, 1.54) is 5.56 Å². The topological polar surface area (TPSA) is 42.5 Å². The van der Waals surface area contributed by atoms with Crippen LogP contribution in [0.3, 0.4) is 0 Å². The van der Waals surface area contributed by atoms with E-state index in [9.17, 15) is 0 Å². The molecule has 0 radical (unpaired) electrons. The van der Waals surface area contributed by atoms with Gasteiger partial charge in [0.05, 0.1) is 18.0 Å². The zero-order valence-electron chi connectivity index (χ0n) is 14.4. The normalized spacial score (nSPS) is 12.4. The molecular formula is C20H20N4S. The van der Waals surface area contributed by atoms with Gasteiger partial charge in [-0.3, -0.25) is 9.98 Å². The largest absolute Gasteiger partial charge is 0.264 e. The smallest absolute Gasteiger partial charge is 0.206 e. The van der Waals surface area contributed by atoms with Gasteiger partial charge in [-0.1, -0.05) is 42.0 Å². The third-order valence-electron chi connectivity index (χ3n) is 3.72. The molecule has 0 atom stereocenters. The van der Waals surface area contributed by atoms with E-state index in [2.05, 4.69) is 53.1 Å². The molecule has 0 aliphatic carbocycles. The van der Waals surface area contributed by atoms with Crippen LogP contribution in [0.25, 0.3) is 11.3 Å². The number of aryl methyl sites for hydroxylation is 1. The van der Waals surface area contributed by atoms with Crippen LogP contribution >= 0.6 is 11.3 Å². The van der Waals surface area contributed by atoms with E-state index in [1.807, 2.05) is 29.9 Å². The van der Waals surface area contributed by atoms with Crippen molar-refractivity contribution in [1.82, 2.24) is 9.66 Å². The van der Waals surface area contributed by atoms with Crippen LogP contribution in [0, 0.1) is 6.92 Å². The Balaban J connectivity index is 2.13. The van der Waals surface area contributed by atoms with Crippen molar-refractivity contribution in [2.24, 2.45) is 10.1 Å². The van der Waals surface area contributed by atoms with Gasteiger partial charge < -0.3 is 0 Å². The predicted molar refractivity (Wildman–Crippen MR) is 105 cm³/mol. The second-order valence-corrected chi connectivity index (χ2v) is 6.47. The molecule has 0 amide bonds. The maximum atomic E-state index is 4.82. The molecule has 0 aliphatic heterocycles. The van der Waals surface area contributed by atoms with Crippen molar-refractivity contribution in [3.05, 3.63) is 82.8 Å². The minimum Gasteiger partial charge on any atom is -0.264 e. The lowest BCUT2D eigenvalue weighted by molar-refractivity contribution is 0.834. The van der Waals surface area contributed by atoms with E-state index in [1.54, 1.807) is 23.6 Å². The molecule has 0 spiro atoms. The molecule has 0 unspecified atom stereocenters. The summed E-state index contributed by atoms with van der Waals surface area (Å²) in [5, 5.41) is 6.91. The van der Waals surface area contributed by atoms with Gasteiger partial charge in [-0.05, 0) is 19.9 Å². The van der Waals surface area contributed by atoms with Gasteiger partial charge in [0.15, 0.2) is 0 Å². The number of rotatable bonds is 5. The van der Waals surface area contributed by atoms with Crippen molar-refractivity contribution in [3.8, 4) is 11.3 Å². The minimum atomic E-state index is 0.565. The van der Waals surface area contributed by atoms with Gasteiger partial charge in [0.1, 0.15) is 0 Å². The average Bonchev–Trinajstić information content (AvgIpc) is 3.04. The number of aromatic nitrogens is 2. The minimum absolute atomic E-state index is 0.565. The quantitative estimate of drug-likeness (QED) is 0.501. The third kappa shape index (κ3) is 4.00. The zero-order chi connectivity index (χ0) is 17.6. The molecule has 25 heavy (non-hydrogen) atoms. The Bertz CT molecular complexity index is 947. The lowest BCUT2D eigenvalue weighted by atomic mass is 10.1. The standard InChI is InChI=1S/C20H20N4S/c1-4-11-22-20-24(23-16(3)18-6-5-12-21-13-18)19(14-25-20)17-9-7-15(2)8-10-17/h4-10,12-14H,1,11H2,2-3H3/b22-20?,23-16+. The molecule has 0 aliphatic rings. The van der Waals surface area contributed by atoms with Crippen molar-refractivity contribution < 1.29 is 0 Å². The molecule has 0 saturated heterocycles. The Morgan fingerprint density at radius 3 is 2.76 bits per heavy atom. The van der Waals surface area contributed by atoms with Crippen LogP contribution in [0.15, 0.2) is 76.9 Å². The van der Waals surface area contributed by atoms with Crippen molar-refractivity contribution in [1.29, 1.82) is 0 Å². The summed E-state index contributed by atoms with van der Waals surface area (Å²) in [6.45, 7) is 8.38. The fraction of sp³-hybridized carbons (Fsp3) is 0.150. The first-order valence-corrected chi connectivity index (χ1v) is 8.92. The highest BCUT2D eigenvalue weighted by Gasteiger charge is 2.08.